The Hall–Kier alpha value is -3.02. The SMILES string of the molecule is Cc1ccc2c3c1OC1C(N(C)C(=O)C#Cc4ccc(C(F)(F)F)cc4)CC[C@@]4(C)[C@@H](C2)[N+](C)(O)CC[C@]314. The van der Waals surface area contributed by atoms with Crippen molar-refractivity contribution in [1.29, 1.82) is 0 Å². The Morgan fingerprint density at radius 3 is 2.58 bits per heavy atom. The lowest BCUT2D eigenvalue weighted by atomic mass is 9.43. The predicted octanol–water partition coefficient (Wildman–Crippen LogP) is 4.86. The molecular weight excluding hydrogens is 493 g/mol. The third-order valence-electron chi connectivity index (χ3n) is 10.1. The van der Waals surface area contributed by atoms with Gasteiger partial charge < -0.3 is 9.64 Å². The molecule has 2 aliphatic heterocycles. The van der Waals surface area contributed by atoms with Crippen molar-refractivity contribution in [1.82, 2.24) is 4.90 Å². The van der Waals surface area contributed by atoms with Gasteiger partial charge in [0.2, 0.25) is 0 Å². The molecular formula is C30H32F3N2O3+. The maximum Gasteiger partial charge on any atom is 0.416 e. The summed E-state index contributed by atoms with van der Waals surface area (Å²) in [6.07, 6.45) is -1.57. The first-order valence-corrected chi connectivity index (χ1v) is 13.1. The molecule has 2 fully saturated rings. The topological polar surface area (TPSA) is 49.8 Å². The van der Waals surface area contributed by atoms with Gasteiger partial charge in [0, 0.05) is 42.4 Å². The number of hydrogen-bond acceptors (Lipinski definition) is 3. The zero-order valence-corrected chi connectivity index (χ0v) is 22.0. The molecule has 38 heavy (non-hydrogen) atoms. The van der Waals surface area contributed by atoms with Gasteiger partial charge in [-0.15, -0.1) is 0 Å². The van der Waals surface area contributed by atoms with Gasteiger partial charge >= 0.3 is 6.18 Å². The van der Waals surface area contributed by atoms with E-state index in [0.29, 0.717) is 18.5 Å². The number of hydroxylamine groups is 3. The van der Waals surface area contributed by atoms with Gasteiger partial charge in [-0.05, 0) is 55.2 Å². The molecule has 6 atom stereocenters. The number of carbonyl (C=O) groups is 1. The monoisotopic (exact) mass is 525 g/mol. The Balaban J connectivity index is 1.34. The Morgan fingerprint density at radius 1 is 1.18 bits per heavy atom. The van der Waals surface area contributed by atoms with E-state index in [0.717, 1.165) is 42.7 Å². The lowest BCUT2D eigenvalue weighted by molar-refractivity contribution is -1.12. The summed E-state index contributed by atoms with van der Waals surface area (Å²) < 4.78 is 45.4. The summed E-state index contributed by atoms with van der Waals surface area (Å²) in [4.78, 5) is 14.9. The van der Waals surface area contributed by atoms with E-state index in [-0.39, 0.29) is 33.7 Å². The van der Waals surface area contributed by atoms with Gasteiger partial charge in [0.05, 0.1) is 24.1 Å². The zero-order chi connectivity index (χ0) is 27.3. The van der Waals surface area contributed by atoms with E-state index in [4.69, 9.17) is 4.74 Å². The molecule has 2 aromatic carbocycles. The van der Waals surface area contributed by atoms with Crippen LogP contribution in [0.3, 0.4) is 0 Å². The van der Waals surface area contributed by atoms with Gasteiger partial charge in [-0.1, -0.05) is 25.0 Å². The first-order chi connectivity index (χ1) is 17.8. The standard InChI is InChI=1S/C30H32F3N2O3/c1-18-5-9-20-17-23-28(2)14-13-22(27-29(28,15-16-35(23,4)37)25(20)26(18)38-27)34(3)24(36)12-8-19-6-10-21(11-7-19)30(31,32)33/h5-7,9-11,22-23,27,37H,13-17H2,1-4H3/q+1/t22?,23-,27?,28+,29+,35?/m1/s1. The third-order valence-corrected chi connectivity index (χ3v) is 10.1. The highest BCUT2D eigenvalue weighted by Gasteiger charge is 2.75. The highest BCUT2D eigenvalue weighted by atomic mass is 19.4. The summed E-state index contributed by atoms with van der Waals surface area (Å²) >= 11 is 0. The van der Waals surface area contributed by atoms with Crippen LogP contribution in [0.4, 0.5) is 13.2 Å². The lowest BCUT2D eigenvalue weighted by Gasteiger charge is -2.65. The van der Waals surface area contributed by atoms with Crippen molar-refractivity contribution in [3.05, 3.63) is 64.2 Å². The first kappa shape index (κ1) is 25.3. The van der Waals surface area contributed by atoms with Gasteiger partial charge in [-0.3, -0.25) is 4.79 Å². The molecule has 1 N–H and O–H groups in total. The third kappa shape index (κ3) is 3.31. The van der Waals surface area contributed by atoms with Gasteiger partial charge in [-0.2, -0.15) is 17.8 Å². The van der Waals surface area contributed by atoms with Crippen LogP contribution in [0.25, 0.3) is 0 Å². The van der Waals surface area contributed by atoms with Gasteiger partial charge in [-0.25, -0.2) is 5.21 Å². The van der Waals surface area contributed by atoms with Crippen molar-refractivity contribution in [2.75, 3.05) is 20.6 Å². The second-order valence-corrected chi connectivity index (χ2v) is 11.9. The van der Waals surface area contributed by atoms with Crippen molar-refractivity contribution < 1.29 is 32.6 Å². The minimum atomic E-state index is -4.42. The maximum atomic E-state index is 13.3. The number of likely N-dealkylation sites (tertiary alicyclic amines) is 1. The van der Waals surface area contributed by atoms with E-state index in [9.17, 15) is 23.2 Å². The Bertz CT molecular complexity index is 1390. The average Bonchev–Trinajstić information content (AvgIpc) is 3.22. The fourth-order valence-electron chi connectivity index (χ4n) is 8.07. The molecule has 4 aliphatic rings. The highest BCUT2D eigenvalue weighted by molar-refractivity contribution is 5.94. The number of aryl methyl sites for hydroxylation is 1. The summed E-state index contributed by atoms with van der Waals surface area (Å²) in [5, 5.41) is 11.4. The predicted molar refractivity (Wildman–Crippen MR) is 134 cm³/mol. The lowest BCUT2D eigenvalue weighted by Crippen LogP contribution is -2.76. The van der Waals surface area contributed by atoms with Gasteiger partial charge in [0.25, 0.3) is 5.91 Å². The van der Waals surface area contributed by atoms with E-state index in [1.807, 2.05) is 7.05 Å². The molecule has 1 spiro atoms. The van der Waals surface area contributed by atoms with Crippen molar-refractivity contribution >= 4 is 5.91 Å². The fourth-order valence-corrected chi connectivity index (χ4v) is 8.07. The van der Waals surface area contributed by atoms with Crippen LogP contribution >= 0.6 is 0 Å². The zero-order valence-electron chi connectivity index (χ0n) is 22.0. The molecule has 2 aromatic rings. The number of nitrogens with zero attached hydrogens (tertiary/aromatic N) is 2. The van der Waals surface area contributed by atoms with E-state index >= 15 is 0 Å². The number of halogens is 3. The normalized spacial score (nSPS) is 34.5. The number of alkyl halides is 3. The molecule has 200 valence electrons. The molecule has 1 amide bonds. The number of carbonyl (C=O) groups excluding carboxylic acids is 1. The molecule has 1 saturated heterocycles. The van der Waals surface area contributed by atoms with Crippen molar-refractivity contribution in [3.8, 4) is 17.6 Å². The average molecular weight is 526 g/mol. The maximum absolute atomic E-state index is 13.3. The second kappa shape index (κ2) is 8.00. The van der Waals surface area contributed by atoms with Crippen LogP contribution in [-0.2, 0) is 22.8 Å². The van der Waals surface area contributed by atoms with E-state index in [2.05, 4.69) is 37.8 Å². The molecule has 8 heteroatoms. The number of ether oxygens (including phenoxy) is 1. The molecule has 2 bridgehead atoms. The summed E-state index contributed by atoms with van der Waals surface area (Å²) in [5.41, 5.74) is 2.66. The van der Waals surface area contributed by atoms with Gasteiger partial charge in [0.15, 0.2) is 0 Å². The smallest absolute Gasteiger partial charge is 0.416 e. The first-order valence-electron chi connectivity index (χ1n) is 13.1. The van der Waals surface area contributed by atoms with Crippen LogP contribution in [0.2, 0.25) is 0 Å². The molecule has 0 radical (unpaired) electrons. The molecule has 2 heterocycles. The van der Waals surface area contributed by atoms with E-state index in [1.165, 1.54) is 23.3 Å². The number of rotatable bonds is 1. The minimum absolute atomic E-state index is 0.00827. The van der Waals surface area contributed by atoms with Crippen LogP contribution < -0.4 is 4.74 Å². The largest absolute Gasteiger partial charge is 0.487 e. The Labute approximate surface area is 220 Å². The van der Waals surface area contributed by atoms with Crippen LogP contribution in [0, 0.1) is 24.2 Å². The van der Waals surface area contributed by atoms with E-state index in [1.54, 1.807) is 11.9 Å². The van der Waals surface area contributed by atoms with E-state index < -0.39 is 17.6 Å². The highest BCUT2D eigenvalue weighted by Crippen LogP contribution is 2.69. The second-order valence-electron chi connectivity index (χ2n) is 11.9. The molecule has 2 aliphatic carbocycles. The fraction of sp³-hybridized carbons (Fsp3) is 0.500. The number of benzene rings is 2. The molecule has 6 rings (SSSR count). The molecule has 0 aromatic heterocycles. The molecule has 5 nitrogen and oxygen atoms in total. The Kier molecular flexibility index (Phi) is 5.32. The molecule has 1 saturated carbocycles. The van der Waals surface area contributed by atoms with Crippen LogP contribution in [0.5, 0.6) is 5.75 Å². The molecule has 3 unspecified atom stereocenters. The van der Waals surface area contributed by atoms with Gasteiger partial charge in [0.1, 0.15) is 24.4 Å². The number of hydrogen-bond donors (Lipinski definition) is 1. The number of likely N-dealkylation sites (N-methyl/N-ethyl adjacent to an activating group) is 2. The Morgan fingerprint density at radius 2 is 1.89 bits per heavy atom. The van der Waals surface area contributed by atoms with Crippen molar-refractivity contribution in [2.24, 2.45) is 5.41 Å². The summed E-state index contributed by atoms with van der Waals surface area (Å²) in [6, 6.07) is 8.58. The van der Waals surface area contributed by atoms with Crippen LogP contribution in [-0.4, -0.2) is 59.5 Å². The van der Waals surface area contributed by atoms with Crippen LogP contribution in [0.1, 0.15) is 54.0 Å². The number of amides is 1. The quantitative estimate of drug-likeness (QED) is 0.428. The summed E-state index contributed by atoms with van der Waals surface area (Å²) in [5.74, 6) is 5.90. The summed E-state index contributed by atoms with van der Waals surface area (Å²) in [6.45, 7) is 4.97. The van der Waals surface area contributed by atoms with Crippen molar-refractivity contribution in [2.45, 2.75) is 69.3 Å². The number of quaternary nitrogens is 1. The van der Waals surface area contributed by atoms with Crippen molar-refractivity contribution in [3.63, 3.8) is 0 Å². The number of piperidine rings is 1. The minimum Gasteiger partial charge on any atom is -0.487 e. The summed E-state index contributed by atoms with van der Waals surface area (Å²) in [7, 11) is 3.65. The van der Waals surface area contributed by atoms with Crippen LogP contribution in [0.15, 0.2) is 36.4 Å².